The third-order valence-electron chi connectivity index (χ3n) is 4.26. The summed E-state index contributed by atoms with van der Waals surface area (Å²) in [6, 6.07) is 17.7. The Morgan fingerprint density at radius 2 is 1.85 bits per heavy atom. The Morgan fingerprint density at radius 1 is 1.19 bits per heavy atom. The molecule has 7 nitrogen and oxygen atoms in total. The molecule has 0 fully saturated rings. The number of non-ortho nitro benzene ring substituents is 1. The summed E-state index contributed by atoms with van der Waals surface area (Å²) in [5.41, 5.74) is 2.48. The summed E-state index contributed by atoms with van der Waals surface area (Å²) < 4.78 is 1.57. The molecule has 138 valence electrons. The topological polar surface area (TPSA) is 90.1 Å². The van der Waals surface area contributed by atoms with Crippen LogP contribution in [0.5, 0.6) is 0 Å². The van der Waals surface area contributed by atoms with Crippen LogP contribution < -0.4 is 5.32 Å². The predicted octanol–water partition coefficient (Wildman–Crippen LogP) is 4.22. The van der Waals surface area contributed by atoms with Gasteiger partial charge >= 0.3 is 0 Å². The largest absolute Gasteiger partial charge is 0.311 e. The fourth-order valence-corrected chi connectivity index (χ4v) is 2.87. The van der Waals surface area contributed by atoms with E-state index in [2.05, 4.69) is 10.4 Å². The van der Waals surface area contributed by atoms with E-state index in [0.717, 1.165) is 11.3 Å². The molecular weight excluding hydrogens is 344 g/mol. The smallest absolute Gasteiger partial charge is 0.269 e. The highest BCUT2D eigenvalue weighted by Gasteiger charge is 2.15. The summed E-state index contributed by atoms with van der Waals surface area (Å²) in [6.45, 7) is 3.83. The van der Waals surface area contributed by atoms with Gasteiger partial charge in [0, 0.05) is 24.6 Å². The summed E-state index contributed by atoms with van der Waals surface area (Å²) in [4.78, 5) is 22.8. The SMILES string of the molecule is Cc1cc(NC(=O)CC(C)c2ccccc2)n(-c2ccc([N+](=O)[O-])cc2)n1. The number of carbonyl (C=O) groups is 1. The van der Waals surface area contributed by atoms with E-state index in [1.807, 2.05) is 44.2 Å². The lowest BCUT2D eigenvalue weighted by molar-refractivity contribution is -0.384. The lowest BCUT2D eigenvalue weighted by atomic mass is 9.98. The maximum absolute atomic E-state index is 12.5. The highest BCUT2D eigenvalue weighted by atomic mass is 16.6. The van der Waals surface area contributed by atoms with Gasteiger partial charge in [0.2, 0.25) is 5.91 Å². The number of aryl methyl sites for hydroxylation is 1. The molecule has 1 aromatic heterocycles. The minimum absolute atomic E-state index is 0.00454. The van der Waals surface area contributed by atoms with Crippen molar-refractivity contribution in [3.05, 3.63) is 82.0 Å². The number of rotatable bonds is 6. The van der Waals surface area contributed by atoms with E-state index in [4.69, 9.17) is 0 Å². The first-order valence-corrected chi connectivity index (χ1v) is 8.60. The average molecular weight is 364 g/mol. The fourth-order valence-electron chi connectivity index (χ4n) is 2.87. The number of nitrogens with one attached hydrogen (secondary N) is 1. The zero-order valence-corrected chi connectivity index (χ0v) is 15.1. The second-order valence-corrected chi connectivity index (χ2v) is 6.42. The lowest BCUT2D eigenvalue weighted by Crippen LogP contribution is -2.17. The van der Waals surface area contributed by atoms with Gasteiger partial charge < -0.3 is 5.32 Å². The number of nitro groups is 1. The number of nitrogens with zero attached hydrogens (tertiary/aromatic N) is 3. The molecule has 0 bridgehead atoms. The van der Waals surface area contributed by atoms with Crippen molar-refractivity contribution in [2.45, 2.75) is 26.2 Å². The maximum Gasteiger partial charge on any atom is 0.269 e. The molecule has 1 atom stereocenters. The van der Waals surface area contributed by atoms with Gasteiger partial charge in [-0.1, -0.05) is 37.3 Å². The highest BCUT2D eigenvalue weighted by molar-refractivity contribution is 5.90. The van der Waals surface area contributed by atoms with Gasteiger partial charge in [-0.2, -0.15) is 5.10 Å². The number of amides is 1. The monoisotopic (exact) mass is 364 g/mol. The molecule has 1 unspecified atom stereocenters. The molecule has 1 N–H and O–H groups in total. The van der Waals surface area contributed by atoms with Crippen molar-refractivity contribution in [1.82, 2.24) is 9.78 Å². The van der Waals surface area contributed by atoms with Crippen LogP contribution in [0.15, 0.2) is 60.7 Å². The molecule has 3 rings (SSSR count). The minimum Gasteiger partial charge on any atom is -0.311 e. The van der Waals surface area contributed by atoms with Gasteiger partial charge in [0.15, 0.2) is 0 Å². The molecule has 3 aromatic rings. The van der Waals surface area contributed by atoms with Crippen LogP contribution in [0.2, 0.25) is 0 Å². The van der Waals surface area contributed by atoms with Gasteiger partial charge in [-0.15, -0.1) is 0 Å². The second-order valence-electron chi connectivity index (χ2n) is 6.42. The van der Waals surface area contributed by atoms with Crippen LogP contribution in [0.4, 0.5) is 11.5 Å². The fraction of sp³-hybridized carbons (Fsp3) is 0.200. The van der Waals surface area contributed by atoms with Crippen molar-refractivity contribution in [3.8, 4) is 5.69 Å². The summed E-state index contributed by atoms with van der Waals surface area (Å²) in [6.07, 6.45) is 0.342. The van der Waals surface area contributed by atoms with Gasteiger partial charge in [-0.05, 0) is 30.5 Å². The number of aromatic nitrogens is 2. The van der Waals surface area contributed by atoms with Gasteiger partial charge in [-0.25, -0.2) is 4.68 Å². The molecule has 1 heterocycles. The Hall–Kier alpha value is -3.48. The molecule has 27 heavy (non-hydrogen) atoms. The Morgan fingerprint density at radius 3 is 2.48 bits per heavy atom. The molecular formula is C20H20N4O3. The first-order valence-electron chi connectivity index (χ1n) is 8.60. The number of carbonyl (C=O) groups excluding carboxylic acids is 1. The van der Waals surface area contributed by atoms with Crippen LogP contribution in [0.3, 0.4) is 0 Å². The molecule has 0 saturated carbocycles. The Balaban J connectivity index is 1.75. The van der Waals surface area contributed by atoms with Crippen molar-refractivity contribution >= 4 is 17.4 Å². The van der Waals surface area contributed by atoms with Crippen molar-refractivity contribution in [2.24, 2.45) is 0 Å². The summed E-state index contributed by atoms with van der Waals surface area (Å²) in [7, 11) is 0. The standard InChI is InChI=1S/C20H20N4O3/c1-14(16-6-4-3-5-7-16)12-20(25)21-19-13-15(2)22-23(19)17-8-10-18(11-9-17)24(26)27/h3-11,13-14H,12H2,1-2H3,(H,21,25). The molecule has 0 aliphatic rings. The van der Waals surface area contributed by atoms with Gasteiger partial charge in [0.1, 0.15) is 5.82 Å². The number of anilines is 1. The second kappa shape index (κ2) is 7.82. The molecule has 2 aromatic carbocycles. The van der Waals surface area contributed by atoms with E-state index in [9.17, 15) is 14.9 Å². The zero-order valence-electron chi connectivity index (χ0n) is 15.1. The van der Waals surface area contributed by atoms with E-state index in [1.54, 1.807) is 22.9 Å². The summed E-state index contributed by atoms with van der Waals surface area (Å²) in [5.74, 6) is 0.504. The normalized spacial score (nSPS) is 11.8. The van der Waals surface area contributed by atoms with Gasteiger partial charge in [0.05, 0.1) is 16.3 Å². The molecule has 0 saturated heterocycles. The van der Waals surface area contributed by atoms with Crippen molar-refractivity contribution in [3.63, 3.8) is 0 Å². The van der Waals surface area contributed by atoms with Crippen molar-refractivity contribution < 1.29 is 9.72 Å². The Labute approximate surface area is 156 Å². The van der Waals surface area contributed by atoms with Gasteiger partial charge in [-0.3, -0.25) is 14.9 Å². The van der Waals surface area contributed by atoms with Crippen LogP contribution in [0, 0.1) is 17.0 Å². The third-order valence-corrected chi connectivity index (χ3v) is 4.26. The minimum atomic E-state index is -0.453. The van der Waals surface area contributed by atoms with Crippen molar-refractivity contribution in [1.29, 1.82) is 0 Å². The highest BCUT2D eigenvalue weighted by Crippen LogP contribution is 2.22. The van der Waals surface area contributed by atoms with Crippen molar-refractivity contribution in [2.75, 3.05) is 5.32 Å². The first kappa shape index (κ1) is 18.3. The molecule has 0 radical (unpaired) electrons. The lowest BCUT2D eigenvalue weighted by Gasteiger charge is -2.13. The van der Waals surface area contributed by atoms with E-state index >= 15 is 0 Å². The van der Waals surface area contributed by atoms with E-state index in [0.29, 0.717) is 17.9 Å². The maximum atomic E-state index is 12.5. The van der Waals surface area contributed by atoms with E-state index in [1.165, 1.54) is 12.1 Å². The molecule has 0 aliphatic heterocycles. The Bertz CT molecular complexity index is 949. The molecule has 1 amide bonds. The van der Waals surface area contributed by atoms with Crippen LogP contribution in [0.25, 0.3) is 5.69 Å². The molecule has 7 heteroatoms. The number of benzene rings is 2. The number of hydrogen-bond donors (Lipinski definition) is 1. The van der Waals surface area contributed by atoms with Crippen LogP contribution in [0.1, 0.15) is 30.5 Å². The quantitative estimate of drug-likeness (QED) is 0.524. The Kier molecular flexibility index (Phi) is 5.30. The molecule has 0 spiro atoms. The first-order chi connectivity index (χ1) is 12.9. The molecule has 0 aliphatic carbocycles. The zero-order chi connectivity index (χ0) is 19.4. The van der Waals surface area contributed by atoms with E-state index < -0.39 is 4.92 Å². The third kappa shape index (κ3) is 4.38. The predicted molar refractivity (Wildman–Crippen MR) is 103 cm³/mol. The summed E-state index contributed by atoms with van der Waals surface area (Å²) in [5, 5.41) is 18.1. The van der Waals surface area contributed by atoms with E-state index in [-0.39, 0.29) is 17.5 Å². The van der Waals surface area contributed by atoms with Gasteiger partial charge in [0.25, 0.3) is 5.69 Å². The number of hydrogen-bond acceptors (Lipinski definition) is 4. The average Bonchev–Trinajstić information content (AvgIpc) is 3.02. The van der Waals surface area contributed by atoms with Crippen LogP contribution >= 0.6 is 0 Å². The summed E-state index contributed by atoms with van der Waals surface area (Å²) >= 11 is 0. The number of nitro benzene ring substituents is 1. The van der Waals surface area contributed by atoms with Crippen LogP contribution in [-0.4, -0.2) is 20.6 Å². The van der Waals surface area contributed by atoms with Crippen LogP contribution in [-0.2, 0) is 4.79 Å².